The zero-order valence-electron chi connectivity index (χ0n) is 8.99. The van der Waals surface area contributed by atoms with E-state index in [0.717, 1.165) is 5.56 Å². The number of methoxy groups -OCH3 is 1. The first-order chi connectivity index (χ1) is 7.06. The number of hydrogen-bond acceptors (Lipinski definition) is 4. The second-order valence-electron chi connectivity index (χ2n) is 3.55. The smallest absolute Gasteiger partial charge is 0.340 e. The van der Waals surface area contributed by atoms with E-state index in [9.17, 15) is 4.79 Å². The van der Waals surface area contributed by atoms with Crippen LogP contribution in [0.15, 0.2) is 18.2 Å². The van der Waals surface area contributed by atoms with Gasteiger partial charge in [-0.3, -0.25) is 0 Å². The van der Waals surface area contributed by atoms with E-state index in [1.54, 1.807) is 12.1 Å². The summed E-state index contributed by atoms with van der Waals surface area (Å²) >= 11 is 0. The molecule has 82 valence electrons. The average Bonchev–Trinajstić information content (AvgIpc) is 2.16. The molecule has 0 fully saturated rings. The normalized spacial score (nSPS) is 12.2. The van der Waals surface area contributed by atoms with Gasteiger partial charge in [0.1, 0.15) is 0 Å². The van der Waals surface area contributed by atoms with Gasteiger partial charge in [0, 0.05) is 11.7 Å². The average molecular weight is 208 g/mol. The first-order valence-electron chi connectivity index (χ1n) is 4.77. The van der Waals surface area contributed by atoms with Crippen molar-refractivity contribution in [3.05, 3.63) is 29.3 Å². The maximum Gasteiger partial charge on any atom is 0.340 e. The molecule has 1 aromatic rings. The van der Waals surface area contributed by atoms with Crippen molar-refractivity contribution in [2.45, 2.75) is 19.4 Å². The lowest BCUT2D eigenvalue weighted by Crippen LogP contribution is -2.20. The van der Waals surface area contributed by atoms with E-state index in [-0.39, 0.29) is 6.04 Å². The molecule has 0 spiro atoms. The molecule has 0 radical (unpaired) electrons. The standard InChI is InChI=1S/C11H16N2O2/c1-7(12)6-8-4-3-5-9(13)10(8)11(14)15-2/h3-5,7H,6,12-13H2,1-2H3. The van der Waals surface area contributed by atoms with Gasteiger partial charge < -0.3 is 16.2 Å². The van der Waals surface area contributed by atoms with E-state index in [1.165, 1.54) is 7.11 Å². The molecule has 15 heavy (non-hydrogen) atoms. The highest BCUT2D eigenvalue weighted by atomic mass is 16.5. The summed E-state index contributed by atoms with van der Waals surface area (Å²) in [5, 5.41) is 0. The van der Waals surface area contributed by atoms with Crippen molar-refractivity contribution in [3.63, 3.8) is 0 Å². The van der Waals surface area contributed by atoms with Crippen molar-refractivity contribution in [1.29, 1.82) is 0 Å². The molecule has 4 N–H and O–H groups in total. The number of esters is 1. The van der Waals surface area contributed by atoms with Gasteiger partial charge in [0.2, 0.25) is 0 Å². The van der Waals surface area contributed by atoms with Crippen LogP contribution < -0.4 is 11.5 Å². The number of carbonyl (C=O) groups is 1. The van der Waals surface area contributed by atoms with Gasteiger partial charge in [-0.1, -0.05) is 12.1 Å². The van der Waals surface area contributed by atoms with Crippen molar-refractivity contribution in [2.75, 3.05) is 12.8 Å². The molecule has 0 saturated carbocycles. The Morgan fingerprint density at radius 3 is 2.73 bits per heavy atom. The van der Waals surface area contributed by atoms with Gasteiger partial charge in [-0.2, -0.15) is 0 Å². The van der Waals surface area contributed by atoms with Crippen LogP contribution in [0.5, 0.6) is 0 Å². The van der Waals surface area contributed by atoms with E-state index < -0.39 is 5.97 Å². The van der Waals surface area contributed by atoms with Gasteiger partial charge in [0.05, 0.1) is 12.7 Å². The predicted molar refractivity (Wildman–Crippen MR) is 59.5 cm³/mol. The Labute approximate surface area is 89.2 Å². The molecule has 0 aliphatic rings. The molecular formula is C11H16N2O2. The van der Waals surface area contributed by atoms with Crippen LogP contribution in [0.2, 0.25) is 0 Å². The van der Waals surface area contributed by atoms with Crippen molar-refractivity contribution < 1.29 is 9.53 Å². The molecule has 0 aromatic heterocycles. The van der Waals surface area contributed by atoms with Gasteiger partial charge >= 0.3 is 5.97 Å². The molecule has 0 aliphatic heterocycles. The van der Waals surface area contributed by atoms with Crippen LogP contribution in [-0.2, 0) is 11.2 Å². The zero-order valence-corrected chi connectivity index (χ0v) is 8.99. The summed E-state index contributed by atoms with van der Waals surface area (Å²) in [6, 6.07) is 5.30. The number of nitrogen functional groups attached to an aromatic ring is 1. The summed E-state index contributed by atoms with van der Waals surface area (Å²) in [4.78, 5) is 11.5. The number of benzene rings is 1. The number of nitrogens with two attached hydrogens (primary N) is 2. The van der Waals surface area contributed by atoms with Gasteiger partial charge in [-0.25, -0.2) is 4.79 Å². The molecule has 1 aromatic carbocycles. The number of anilines is 1. The molecule has 1 atom stereocenters. The quantitative estimate of drug-likeness (QED) is 0.572. The number of rotatable bonds is 3. The van der Waals surface area contributed by atoms with Crippen molar-refractivity contribution in [3.8, 4) is 0 Å². The minimum atomic E-state index is -0.413. The van der Waals surface area contributed by atoms with Gasteiger partial charge in [-0.15, -0.1) is 0 Å². The fourth-order valence-electron chi connectivity index (χ4n) is 1.49. The van der Waals surface area contributed by atoms with Crippen LogP contribution in [0.4, 0.5) is 5.69 Å². The molecule has 0 saturated heterocycles. The third kappa shape index (κ3) is 2.70. The predicted octanol–water partition coefficient (Wildman–Crippen LogP) is 0.945. The molecule has 1 unspecified atom stereocenters. The maximum atomic E-state index is 11.5. The van der Waals surface area contributed by atoms with Crippen molar-refractivity contribution in [1.82, 2.24) is 0 Å². The van der Waals surface area contributed by atoms with Gasteiger partial charge in [-0.05, 0) is 25.0 Å². The molecule has 0 aliphatic carbocycles. The highest BCUT2D eigenvalue weighted by Crippen LogP contribution is 2.19. The summed E-state index contributed by atoms with van der Waals surface area (Å²) in [7, 11) is 1.34. The second-order valence-corrected chi connectivity index (χ2v) is 3.55. The Balaban J connectivity index is 3.14. The van der Waals surface area contributed by atoms with E-state index in [0.29, 0.717) is 17.7 Å². The lowest BCUT2D eigenvalue weighted by atomic mass is 10.00. The van der Waals surface area contributed by atoms with Crippen molar-refractivity contribution in [2.24, 2.45) is 5.73 Å². The van der Waals surface area contributed by atoms with E-state index >= 15 is 0 Å². The highest BCUT2D eigenvalue weighted by molar-refractivity contribution is 5.96. The Morgan fingerprint density at radius 2 is 2.20 bits per heavy atom. The number of ether oxygens (including phenoxy) is 1. The third-order valence-corrected chi connectivity index (χ3v) is 2.11. The fraction of sp³-hybridized carbons (Fsp3) is 0.364. The fourth-order valence-corrected chi connectivity index (χ4v) is 1.49. The Kier molecular flexibility index (Phi) is 3.68. The van der Waals surface area contributed by atoms with Gasteiger partial charge in [0.15, 0.2) is 0 Å². The number of carbonyl (C=O) groups excluding carboxylic acids is 1. The summed E-state index contributed by atoms with van der Waals surface area (Å²) in [5.41, 5.74) is 13.1. The lowest BCUT2D eigenvalue weighted by molar-refractivity contribution is 0.0600. The molecular weight excluding hydrogens is 192 g/mol. The molecule has 4 heteroatoms. The van der Waals surface area contributed by atoms with Crippen LogP contribution in [0, 0.1) is 0 Å². The van der Waals surface area contributed by atoms with E-state index in [4.69, 9.17) is 11.5 Å². The van der Waals surface area contributed by atoms with Gasteiger partial charge in [0.25, 0.3) is 0 Å². The molecule has 4 nitrogen and oxygen atoms in total. The Hall–Kier alpha value is -1.55. The summed E-state index contributed by atoms with van der Waals surface area (Å²) in [6.45, 7) is 1.88. The Bertz CT molecular complexity index is 362. The topological polar surface area (TPSA) is 78.3 Å². The van der Waals surface area contributed by atoms with Crippen LogP contribution in [-0.4, -0.2) is 19.1 Å². The van der Waals surface area contributed by atoms with Crippen LogP contribution in [0.3, 0.4) is 0 Å². The lowest BCUT2D eigenvalue weighted by Gasteiger charge is -2.11. The monoisotopic (exact) mass is 208 g/mol. The minimum Gasteiger partial charge on any atom is -0.465 e. The van der Waals surface area contributed by atoms with Crippen LogP contribution in [0.25, 0.3) is 0 Å². The van der Waals surface area contributed by atoms with Crippen molar-refractivity contribution >= 4 is 11.7 Å². The molecule has 1 rings (SSSR count). The maximum absolute atomic E-state index is 11.5. The summed E-state index contributed by atoms with van der Waals surface area (Å²) < 4.78 is 4.68. The van der Waals surface area contributed by atoms with Crippen LogP contribution in [0.1, 0.15) is 22.8 Å². The van der Waals surface area contributed by atoms with E-state index in [1.807, 2.05) is 13.0 Å². The number of hydrogen-bond donors (Lipinski definition) is 2. The van der Waals surface area contributed by atoms with Crippen LogP contribution >= 0.6 is 0 Å². The first kappa shape index (κ1) is 11.5. The third-order valence-electron chi connectivity index (χ3n) is 2.11. The largest absolute Gasteiger partial charge is 0.465 e. The van der Waals surface area contributed by atoms with E-state index in [2.05, 4.69) is 4.74 Å². The zero-order chi connectivity index (χ0) is 11.4. The molecule has 0 bridgehead atoms. The Morgan fingerprint density at radius 1 is 1.53 bits per heavy atom. The SMILES string of the molecule is COC(=O)c1c(N)cccc1CC(C)N. The minimum absolute atomic E-state index is 0.0183. The highest BCUT2D eigenvalue weighted by Gasteiger charge is 2.15. The second kappa shape index (κ2) is 4.79. The first-order valence-corrected chi connectivity index (χ1v) is 4.77. The molecule has 0 heterocycles. The summed E-state index contributed by atoms with van der Waals surface area (Å²) in [6.07, 6.45) is 0.607. The molecule has 0 amide bonds. The summed E-state index contributed by atoms with van der Waals surface area (Å²) in [5.74, 6) is -0.413.